The third-order valence-corrected chi connectivity index (χ3v) is 4.27. The van der Waals surface area contributed by atoms with E-state index in [0.29, 0.717) is 24.1 Å². The van der Waals surface area contributed by atoms with E-state index in [2.05, 4.69) is 5.32 Å². The first-order valence-electron chi connectivity index (χ1n) is 8.34. The molecule has 1 amide bonds. The molecule has 0 saturated heterocycles. The highest BCUT2D eigenvalue weighted by Crippen LogP contribution is 2.26. The van der Waals surface area contributed by atoms with Gasteiger partial charge < -0.3 is 14.8 Å². The van der Waals surface area contributed by atoms with Crippen LogP contribution in [0.3, 0.4) is 0 Å². The number of ether oxygens (including phenoxy) is 2. The number of methoxy groups -OCH3 is 1. The van der Waals surface area contributed by atoms with E-state index in [1.165, 1.54) is 25.3 Å². The van der Waals surface area contributed by atoms with Crippen LogP contribution in [-0.4, -0.2) is 36.3 Å². The number of nitro benzene ring substituents is 1. The first-order chi connectivity index (χ1) is 13.4. The van der Waals surface area contributed by atoms with Crippen molar-refractivity contribution in [3.05, 3.63) is 63.2 Å². The quantitative estimate of drug-likeness (QED) is 0.351. The van der Waals surface area contributed by atoms with Crippen molar-refractivity contribution in [3.63, 3.8) is 0 Å². The van der Waals surface area contributed by atoms with Crippen LogP contribution in [0.25, 0.3) is 0 Å². The molecule has 1 N–H and O–H groups in total. The highest BCUT2D eigenvalue weighted by atomic mass is 16.6. The summed E-state index contributed by atoms with van der Waals surface area (Å²) in [7, 11) is 1.31. The Balaban J connectivity index is 1.71. The van der Waals surface area contributed by atoms with Crippen LogP contribution in [0.1, 0.15) is 32.7 Å². The van der Waals surface area contributed by atoms with Crippen molar-refractivity contribution < 1.29 is 28.8 Å². The molecule has 28 heavy (non-hydrogen) atoms. The smallest absolute Gasteiger partial charge is 0.342 e. The van der Waals surface area contributed by atoms with Gasteiger partial charge in [-0.2, -0.15) is 0 Å². The summed E-state index contributed by atoms with van der Waals surface area (Å²) in [6, 6.07) is 8.34. The number of non-ortho nitro benzene ring substituents is 1. The number of amides is 1. The number of ketones is 1. The van der Waals surface area contributed by atoms with Gasteiger partial charge in [0.2, 0.25) is 5.91 Å². The van der Waals surface area contributed by atoms with E-state index < -0.39 is 23.3 Å². The predicted octanol–water partition coefficient (Wildman–Crippen LogP) is 2.53. The Morgan fingerprint density at radius 1 is 1.18 bits per heavy atom. The number of anilines is 1. The van der Waals surface area contributed by atoms with Crippen molar-refractivity contribution in [3.8, 4) is 5.75 Å². The standard InChI is InChI=1S/C19H16N2O7/c1-27-17-6-4-13(21(25)26)9-14(17)19(24)28-10-16(22)12-2-5-15-11(8-12)3-7-18(23)20-15/h2,4-6,8-9H,3,7,10H2,1H3,(H,20,23). The Hall–Kier alpha value is -3.75. The summed E-state index contributed by atoms with van der Waals surface area (Å²) in [6.07, 6.45) is 0.860. The molecule has 0 atom stereocenters. The number of nitro groups is 1. The minimum atomic E-state index is -0.904. The van der Waals surface area contributed by atoms with E-state index in [4.69, 9.17) is 9.47 Å². The number of Topliss-reactive ketones (excluding diaryl/α,β-unsaturated/α-hetero) is 1. The number of fused-ring (bicyclic) bond motifs is 1. The van der Waals surface area contributed by atoms with Crippen LogP contribution >= 0.6 is 0 Å². The molecule has 1 aliphatic rings. The summed E-state index contributed by atoms with van der Waals surface area (Å²) in [5.41, 5.74) is 1.39. The zero-order valence-electron chi connectivity index (χ0n) is 14.9. The molecule has 2 aromatic rings. The van der Waals surface area contributed by atoms with Gasteiger partial charge in [-0.15, -0.1) is 0 Å². The molecule has 2 aromatic carbocycles. The van der Waals surface area contributed by atoms with Crippen molar-refractivity contribution >= 4 is 29.0 Å². The molecule has 0 saturated carbocycles. The molecule has 0 radical (unpaired) electrons. The fourth-order valence-electron chi connectivity index (χ4n) is 2.82. The summed E-state index contributed by atoms with van der Waals surface area (Å²) in [4.78, 5) is 46.3. The largest absolute Gasteiger partial charge is 0.496 e. The normalized spacial score (nSPS) is 12.5. The van der Waals surface area contributed by atoms with E-state index in [9.17, 15) is 24.5 Å². The minimum Gasteiger partial charge on any atom is -0.496 e. The number of benzene rings is 2. The van der Waals surface area contributed by atoms with E-state index in [-0.39, 0.29) is 22.9 Å². The van der Waals surface area contributed by atoms with E-state index in [1.54, 1.807) is 12.1 Å². The lowest BCUT2D eigenvalue weighted by molar-refractivity contribution is -0.384. The average Bonchev–Trinajstić information content (AvgIpc) is 2.70. The van der Waals surface area contributed by atoms with Gasteiger partial charge in [-0.05, 0) is 36.2 Å². The van der Waals surface area contributed by atoms with Crippen molar-refractivity contribution in [2.75, 3.05) is 19.0 Å². The lowest BCUT2D eigenvalue weighted by Gasteiger charge is -2.17. The number of esters is 1. The molecule has 0 fully saturated rings. The fourth-order valence-corrected chi connectivity index (χ4v) is 2.82. The summed E-state index contributed by atoms with van der Waals surface area (Å²) in [6.45, 7) is -0.532. The third kappa shape index (κ3) is 3.98. The van der Waals surface area contributed by atoms with Crippen LogP contribution in [0.2, 0.25) is 0 Å². The lowest BCUT2D eigenvalue weighted by Crippen LogP contribution is -2.20. The Kier molecular flexibility index (Phi) is 5.35. The Morgan fingerprint density at radius 3 is 2.68 bits per heavy atom. The molecule has 1 heterocycles. The Labute approximate surface area is 159 Å². The summed E-state index contributed by atoms with van der Waals surface area (Å²) >= 11 is 0. The summed E-state index contributed by atoms with van der Waals surface area (Å²) < 4.78 is 10.0. The second kappa shape index (κ2) is 7.87. The number of nitrogens with zero attached hydrogens (tertiary/aromatic N) is 1. The fraction of sp³-hybridized carbons (Fsp3) is 0.211. The van der Waals surface area contributed by atoms with Crippen molar-refractivity contribution in [2.45, 2.75) is 12.8 Å². The number of nitrogens with one attached hydrogen (secondary N) is 1. The summed E-state index contributed by atoms with van der Waals surface area (Å²) in [5, 5.41) is 13.6. The van der Waals surface area contributed by atoms with Gasteiger partial charge in [-0.1, -0.05) is 0 Å². The molecule has 0 bridgehead atoms. The first-order valence-corrected chi connectivity index (χ1v) is 8.34. The maximum Gasteiger partial charge on any atom is 0.342 e. The van der Waals surface area contributed by atoms with Crippen LogP contribution in [0, 0.1) is 10.1 Å². The van der Waals surface area contributed by atoms with Crippen molar-refractivity contribution in [1.82, 2.24) is 0 Å². The third-order valence-electron chi connectivity index (χ3n) is 4.27. The molecule has 0 aromatic heterocycles. The van der Waals surface area contributed by atoms with Crippen molar-refractivity contribution in [1.29, 1.82) is 0 Å². The molecular weight excluding hydrogens is 368 g/mol. The molecule has 144 valence electrons. The topological polar surface area (TPSA) is 125 Å². The monoisotopic (exact) mass is 384 g/mol. The van der Waals surface area contributed by atoms with Gasteiger partial charge in [-0.3, -0.25) is 19.7 Å². The van der Waals surface area contributed by atoms with Gasteiger partial charge in [0, 0.05) is 29.8 Å². The number of carbonyl (C=O) groups excluding carboxylic acids is 3. The molecule has 9 heteroatoms. The Morgan fingerprint density at radius 2 is 1.96 bits per heavy atom. The maximum atomic E-state index is 12.4. The highest BCUT2D eigenvalue weighted by Gasteiger charge is 2.21. The van der Waals surface area contributed by atoms with Crippen LogP contribution in [0.15, 0.2) is 36.4 Å². The average molecular weight is 384 g/mol. The maximum absolute atomic E-state index is 12.4. The molecule has 0 unspecified atom stereocenters. The van der Waals surface area contributed by atoms with Crippen LogP contribution in [0.4, 0.5) is 11.4 Å². The predicted molar refractivity (Wildman–Crippen MR) is 97.7 cm³/mol. The van der Waals surface area contributed by atoms with Gasteiger partial charge in [0.25, 0.3) is 5.69 Å². The molecule has 1 aliphatic heterocycles. The number of hydrogen-bond donors (Lipinski definition) is 1. The molecular formula is C19H16N2O7. The van der Waals surface area contributed by atoms with Crippen LogP contribution < -0.4 is 10.1 Å². The second-order valence-corrected chi connectivity index (χ2v) is 6.06. The van der Waals surface area contributed by atoms with Gasteiger partial charge in [0.05, 0.1) is 12.0 Å². The zero-order valence-corrected chi connectivity index (χ0v) is 14.9. The van der Waals surface area contributed by atoms with E-state index in [0.717, 1.165) is 11.6 Å². The van der Waals surface area contributed by atoms with Crippen LogP contribution in [-0.2, 0) is 16.0 Å². The van der Waals surface area contributed by atoms with Gasteiger partial charge in [0.1, 0.15) is 11.3 Å². The minimum absolute atomic E-state index is 0.0774. The van der Waals surface area contributed by atoms with Gasteiger partial charge in [0.15, 0.2) is 12.4 Å². The van der Waals surface area contributed by atoms with Crippen molar-refractivity contribution in [2.24, 2.45) is 0 Å². The number of hydrogen-bond acceptors (Lipinski definition) is 7. The van der Waals surface area contributed by atoms with Gasteiger partial charge in [-0.25, -0.2) is 4.79 Å². The van der Waals surface area contributed by atoms with Crippen LogP contribution in [0.5, 0.6) is 5.75 Å². The lowest BCUT2D eigenvalue weighted by atomic mass is 9.99. The molecule has 0 spiro atoms. The molecule has 0 aliphatic carbocycles. The van der Waals surface area contributed by atoms with E-state index >= 15 is 0 Å². The molecule has 3 rings (SSSR count). The number of rotatable bonds is 6. The Bertz CT molecular complexity index is 984. The second-order valence-electron chi connectivity index (χ2n) is 6.06. The summed E-state index contributed by atoms with van der Waals surface area (Å²) in [5.74, 6) is -1.31. The zero-order chi connectivity index (χ0) is 20.3. The van der Waals surface area contributed by atoms with Gasteiger partial charge >= 0.3 is 5.97 Å². The first kappa shape index (κ1) is 19.0. The highest BCUT2D eigenvalue weighted by molar-refractivity contribution is 6.01. The van der Waals surface area contributed by atoms with E-state index in [1.807, 2.05) is 0 Å². The molecule has 9 nitrogen and oxygen atoms in total. The number of aryl methyl sites for hydroxylation is 1. The SMILES string of the molecule is COc1ccc([N+](=O)[O-])cc1C(=O)OCC(=O)c1ccc2c(c1)CCC(=O)N2. The number of carbonyl (C=O) groups is 3.